The van der Waals surface area contributed by atoms with Crippen molar-refractivity contribution in [1.29, 1.82) is 0 Å². The van der Waals surface area contributed by atoms with E-state index >= 15 is 0 Å². The van der Waals surface area contributed by atoms with Crippen LogP contribution in [0.5, 0.6) is 17.2 Å². The number of hydrogen-bond donors (Lipinski definition) is 0. The van der Waals surface area contributed by atoms with Crippen LogP contribution in [0.15, 0.2) is 62.9 Å². The molecule has 168 valence electrons. The Morgan fingerprint density at radius 3 is 2.55 bits per heavy atom. The van der Waals surface area contributed by atoms with E-state index in [-0.39, 0.29) is 5.75 Å². The lowest BCUT2D eigenvalue weighted by Gasteiger charge is -2.12. The summed E-state index contributed by atoms with van der Waals surface area (Å²) in [5.74, 6) is 1.10. The first-order valence-corrected chi connectivity index (χ1v) is 10.8. The van der Waals surface area contributed by atoms with Gasteiger partial charge in [-0.3, -0.25) is 0 Å². The van der Waals surface area contributed by atoms with Gasteiger partial charge in [0.25, 0.3) is 0 Å². The van der Waals surface area contributed by atoms with Gasteiger partial charge >= 0.3 is 5.63 Å². The van der Waals surface area contributed by atoms with Crippen molar-refractivity contribution in [2.45, 2.75) is 53.4 Å². The fourth-order valence-corrected chi connectivity index (χ4v) is 3.03. The second kappa shape index (κ2) is 12.7. The number of fused-ring (bicyclic) bond motifs is 1. The molecule has 0 N–H and O–H groups in total. The third kappa shape index (κ3) is 7.67. The summed E-state index contributed by atoms with van der Waals surface area (Å²) in [7, 11) is 1.44. The van der Waals surface area contributed by atoms with Crippen LogP contribution in [0.2, 0.25) is 0 Å². The van der Waals surface area contributed by atoms with Gasteiger partial charge in [0.2, 0.25) is 5.75 Å². The van der Waals surface area contributed by atoms with Gasteiger partial charge in [-0.1, -0.05) is 36.3 Å². The fourth-order valence-electron chi connectivity index (χ4n) is 3.03. The van der Waals surface area contributed by atoms with E-state index in [4.69, 9.17) is 18.6 Å². The highest BCUT2D eigenvalue weighted by molar-refractivity contribution is 5.86. The molecular formula is C26H34O5. The maximum atomic E-state index is 12.4. The van der Waals surface area contributed by atoms with E-state index in [9.17, 15) is 4.79 Å². The highest BCUT2D eigenvalue weighted by Crippen LogP contribution is 2.34. The number of rotatable bonds is 12. The summed E-state index contributed by atoms with van der Waals surface area (Å²) in [5, 5.41) is 0.672. The van der Waals surface area contributed by atoms with Gasteiger partial charge in [-0.05, 0) is 64.7 Å². The number of benzene rings is 1. The zero-order chi connectivity index (χ0) is 22.6. The van der Waals surface area contributed by atoms with E-state index in [0.717, 1.165) is 25.7 Å². The fraction of sp³-hybridized carbons (Fsp3) is 0.423. The Morgan fingerprint density at radius 2 is 1.84 bits per heavy atom. The molecule has 0 fully saturated rings. The summed E-state index contributed by atoms with van der Waals surface area (Å²) in [6.07, 6.45) is 12.3. The highest BCUT2D eigenvalue weighted by Gasteiger charge is 2.17. The zero-order valence-electron chi connectivity index (χ0n) is 19.3. The molecule has 0 amide bonds. The molecule has 0 aliphatic rings. The molecule has 0 atom stereocenters. The lowest BCUT2D eigenvalue weighted by Crippen LogP contribution is -2.08. The normalized spacial score (nSPS) is 11.7. The average molecular weight is 427 g/mol. The lowest BCUT2D eigenvalue weighted by molar-refractivity contribution is 0.314. The van der Waals surface area contributed by atoms with Crippen molar-refractivity contribution in [1.82, 2.24) is 0 Å². The van der Waals surface area contributed by atoms with Crippen LogP contribution < -0.4 is 19.8 Å². The molecule has 0 bridgehead atoms. The van der Waals surface area contributed by atoms with Crippen LogP contribution in [0, 0.1) is 0 Å². The Kier molecular flexibility index (Phi) is 9.95. The monoisotopic (exact) mass is 426 g/mol. The number of methoxy groups -OCH3 is 1. The van der Waals surface area contributed by atoms with Gasteiger partial charge in [0.05, 0.1) is 19.1 Å². The Balaban J connectivity index is 2.17. The number of allylic oxidation sites excluding steroid dienone is 4. The molecule has 5 heteroatoms. The molecule has 1 aromatic heterocycles. The molecule has 0 saturated carbocycles. The van der Waals surface area contributed by atoms with Crippen molar-refractivity contribution in [2.75, 3.05) is 20.3 Å². The Bertz CT molecular complexity index is 991. The van der Waals surface area contributed by atoms with Crippen molar-refractivity contribution >= 4 is 11.0 Å². The lowest BCUT2D eigenvalue weighted by atomic mass is 10.1. The van der Waals surface area contributed by atoms with Gasteiger partial charge in [-0.2, -0.15) is 0 Å². The van der Waals surface area contributed by atoms with E-state index in [2.05, 4.69) is 45.9 Å². The maximum Gasteiger partial charge on any atom is 0.383 e. The van der Waals surface area contributed by atoms with E-state index in [1.807, 2.05) is 18.2 Å². The van der Waals surface area contributed by atoms with Gasteiger partial charge in [0.1, 0.15) is 17.9 Å². The van der Waals surface area contributed by atoms with Crippen LogP contribution in [0.1, 0.15) is 53.4 Å². The van der Waals surface area contributed by atoms with Crippen molar-refractivity contribution in [2.24, 2.45) is 0 Å². The Labute approximate surface area is 185 Å². The summed E-state index contributed by atoms with van der Waals surface area (Å²) in [4.78, 5) is 12.4. The van der Waals surface area contributed by atoms with Crippen molar-refractivity contribution in [3.05, 3.63) is 64.1 Å². The first-order valence-electron chi connectivity index (χ1n) is 10.8. The SMILES string of the molecule is CCC=CCCOc1ccc2c(OCC=C(C)CCC=C(C)C)c(OC)c(=O)oc2c1. The molecule has 0 radical (unpaired) electrons. The van der Waals surface area contributed by atoms with Crippen LogP contribution in [0.3, 0.4) is 0 Å². The average Bonchev–Trinajstić information content (AvgIpc) is 2.73. The molecule has 0 unspecified atom stereocenters. The van der Waals surface area contributed by atoms with E-state index < -0.39 is 5.63 Å². The standard InChI is InChI=1S/C26H34O5/c1-6-7-8-9-16-29-21-13-14-22-23(18-21)31-26(27)25(28-5)24(22)30-17-15-20(4)12-10-11-19(2)3/h7-8,11,13-15,18H,6,9-10,12,16-17H2,1-5H3. The maximum absolute atomic E-state index is 12.4. The molecule has 1 heterocycles. The van der Waals surface area contributed by atoms with E-state index in [1.165, 1.54) is 18.3 Å². The molecule has 0 spiro atoms. The molecule has 31 heavy (non-hydrogen) atoms. The van der Waals surface area contributed by atoms with Gasteiger partial charge in [-0.25, -0.2) is 4.79 Å². The van der Waals surface area contributed by atoms with Crippen LogP contribution in [0.4, 0.5) is 0 Å². The zero-order valence-corrected chi connectivity index (χ0v) is 19.3. The second-order valence-electron chi connectivity index (χ2n) is 7.61. The third-order valence-electron chi connectivity index (χ3n) is 4.70. The van der Waals surface area contributed by atoms with Crippen LogP contribution in [-0.4, -0.2) is 20.3 Å². The minimum Gasteiger partial charge on any atom is -0.493 e. The summed E-state index contributed by atoms with van der Waals surface area (Å²) >= 11 is 0. The topological polar surface area (TPSA) is 57.9 Å². The largest absolute Gasteiger partial charge is 0.493 e. The Morgan fingerprint density at radius 1 is 1.03 bits per heavy atom. The van der Waals surface area contributed by atoms with E-state index in [1.54, 1.807) is 6.07 Å². The molecule has 5 nitrogen and oxygen atoms in total. The molecule has 0 aliphatic carbocycles. The Hall–Kier alpha value is -2.95. The third-order valence-corrected chi connectivity index (χ3v) is 4.70. The van der Waals surface area contributed by atoms with Gasteiger partial charge < -0.3 is 18.6 Å². The predicted octanol–water partition coefficient (Wildman–Crippen LogP) is 6.61. The van der Waals surface area contributed by atoms with Gasteiger partial charge in [0, 0.05) is 6.07 Å². The summed E-state index contributed by atoms with van der Waals surface area (Å²) < 4.78 is 22.4. The molecular weight excluding hydrogens is 392 g/mol. The smallest absolute Gasteiger partial charge is 0.383 e. The second-order valence-corrected chi connectivity index (χ2v) is 7.61. The van der Waals surface area contributed by atoms with Crippen LogP contribution in [-0.2, 0) is 0 Å². The molecule has 0 aliphatic heterocycles. The first-order chi connectivity index (χ1) is 15.0. The van der Waals surface area contributed by atoms with Crippen LogP contribution >= 0.6 is 0 Å². The minimum absolute atomic E-state index is 0.0708. The number of hydrogen-bond acceptors (Lipinski definition) is 5. The van der Waals surface area contributed by atoms with Gasteiger partial charge in [-0.15, -0.1) is 0 Å². The summed E-state index contributed by atoms with van der Waals surface area (Å²) in [6.45, 7) is 9.27. The van der Waals surface area contributed by atoms with E-state index in [0.29, 0.717) is 35.7 Å². The first kappa shape index (κ1) is 24.3. The summed E-state index contributed by atoms with van der Waals surface area (Å²) in [5.41, 5.74) is 2.39. The predicted molar refractivity (Wildman–Crippen MR) is 126 cm³/mol. The van der Waals surface area contributed by atoms with Gasteiger partial charge in [0.15, 0.2) is 5.75 Å². The summed E-state index contributed by atoms with van der Waals surface area (Å²) in [6, 6.07) is 5.39. The molecule has 2 aromatic rings. The van der Waals surface area contributed by atoms with Crippen molar-refractivity contribution in [3.63, 3.8) is 0 Å². The highest BCUT2D eigenvalue weighted by atomic mass is 16.5. The van der Waals surface area contributed by atoms with Crippen molar-refractivity contribution < 1.29 is 18.6 Å². The molecule has 1 aromatic carbocycles. The quantitative estimate of drug-likeness (QED) is 0.217. The minimum atomic E-state index is -0.572. The number of ether oxygens (including phenoxy) is 3. The van der Waals surface area contributed by atoms with Crippen LogP contribution in [0.25, 0.3) is 11.0 Å². The molecule has 0 saturated heterocycles. The van der Waals surface area contributed by atoms with Crippen molar-refractivity contribution in [3.8, 4) is 17.2 Å². The molecule has 2 rings (SSSR count).